The van der Waals surface area contributed by atoms with Crippen LogP contribution in [0.1, 0.15) is 34.8 Å². The van der Waals surface area contributed by atoms with Crippen LogP contribution in [-0.2, 0) is 4.74 Å². The molecule has 20 heavy (non-hydrogen) atoms. The smallest absolute Gasteiger partial charge is 0.373 e. The highest BCUT2D eigenvalue weighted by Crippen LogP contribution is 2.23. The van der Waals surface area contributed by atoms with Gasteiger partial charge in [-0.15, -0.1) is 0 Å². The summed E-state index contributed by atoms with van der Waals surface area (Å²) in [4.78, 5) is 11.3. The molecule has 0 radical (unpaired) electrons. The second-order valence-electron chi connectivity index (χ2n) is 4.52. The Morgan fingerprint density at radius 2 is 2.10 bits per heavy atom. The highest BCUT2D eigenvalue weighted by Gasteiger charge is 2.15. The molecule has 5 heteroatoms. The third-order valence-electron chi connectivity index (χ3n) is 3.00. The average molecular weight is 277 g/mol. The molecule has 0 aliphatic heterocycles. The number of carbonyl (C=O) groups is 1. The number of rotatable bonds is 4. The average Bonchev–Trinajstić information content (AvgIpc) is 2.92. The van der Waals surface area contributed by atoms with Crippen molar-refractivity contribution in [2.45, 2.75) is 19.9 Å². The topological polar surface area (TPSA) is 51.5 Å². The molecule has 0 fully saturated rings. The number of carbonyl (C=O) groups excluding carboxylic acids is 1. The van der Waals surface area contributed by atoms with E-state index in [4.69, 9.17) is 4.42 Å². The normalized spacial score (nSPS) is 12.0. The van der Waals surface area contributed by atoms with Crippen molar-refractivity contribution in [1.29, 1.82) is 0 Å². The van der Waals surface area contributed by atoms with Crippen molar-refractivity contribution in [1.82, 2.24) is 0 Å². The predicted octanol–water partition coefficient (Wildman–Crippen LogP) is 3.69. The van der Waals surface area contributed by atoms with Gasteiger partial charge in [-0.05, 0) is 43.7 Å². The zero-order valence-electron chi connectivity index (χ0n) is 11.6. The Morgan fingerprint density at radius 3 is 2.75 bits per heavy atom. The summed E-state index contributed by atoms with van der Waals surface area (Å²) in [6, 6.07) is 7.96. The number of anilines is 1. The SMILES string of the molecule is COC(=O)c1ccc(C(C)Nc2ccc(C)c(F)c2)o1. The van der Waals surface area contributed by atoms with Gasteiger partial charge in [-0.3, -0.25) is 0 Å². The van der Waals surface area contributed by atoms with Crippen LogP contribution in [0, 0.1) is 12.7 Å². The van der Waals surface area contributed by atoms with E-state index >= 15 is 0 Å². The Morgan fingerprint density at radius 1 is 1.35 bits per heavy atom. The third kappa shape index (κ3) is 2.99. The van der Waals surface area contributed by atoms with Gasteiger partial charge in [0.25, 0.3) is 0 Å². The van der Waals surface area contributed by atoms with Crippen LogP contribution < -0.4 is 5.32 Å². The van der Waals surface area contributed by atoms with Gasteiger partial charge < -0.3 is 14.5 Å². The summed E-state index contributed by atoms with van der Waals surface area (Å²) in [5, 5.41) is 3.11. The number of hydrogen-bond donors (Lipinski definition) is 1. The highest BCUT2D eigenvalue weighted by atomic mass is 19.1. The van der Waals surface area contributed by atoms with Gasteiger partial charge in [0.15, 0.2) is 0 Å². The Kier molecular flexibility index (Phi) is 4.08. The van der Waals surface area contributed by atoms with E-state index in [0.717, 1.165) is 0 Å². The quantitative estimate of drug-likeness (QED) is 0.866. The van der Waals surface area contributed by atoms with Crippen LogP contribution in [0.5, 0.6) is 0 Å². The molecule has 106 valence electrons. The lowest BCUT2D eigenvalue weighted by atomic mass is 10.2. The first-order valence-electron chi connectivity index (χ1n) is 6.22. The van der Waals surface area contributed by atoms with Gasteiger partial charge in [0.2, 0.25) is 5.76 Å². The number of ether oxygens (including phenoxy) is 1. The van der Waals surface area contributed by atoms with Gasteiger partial charge in [0.05, 0.1) is 13.2 Å². The number of methoxy groups -OCH3 is 1. The fraction of sp³-hybridized carbons (Fsp3) is 0.267. The summed E-state index contributed by atoms with van der Waals surface area (Å²) in [7, 11) is 1.29. The molecule has 0 saturated heterocycles. The van der Waals surface area contributed by atoms with Gasteiger partial charge in [0.1, 0.15) is 11.6 Å². The molecule has 0 spiro atoms. The molecule has 1 unspecified atom stereocenters. The molecule has 1 N–H and O–H groups in total. The van der Waals surface area contributed by atoms with Crippen molar-refractivity contribution in [3.63, 3.8) is 0 Å². The summed E-state index contributed by atoms with van der Waals surface area (Å²) in [6.45, 7) is 3.56. The lowest BCUT2D eigenvalue weighted by Gasteiger charge is -2.13. The number of aryl methyl sites for hydroxylation is 1. The van der Waals surface area contributed by atoms with Crippen molar-refractivity contribution in [2.75, 3.05) is 12.4 Å². The molecule has 0 amide bonds. The number of furan rings is 1. The maximum absolute atomic E-state index is 13.5. The summed E-state index contributed by atoms with van der Waals surface area (Å²) >= 11 is 0. The Labute approximate surface area is 116 Å². The molecule has 1 aromatic carbocycles. The van der Waals surface area contributed by atoms with Gasteiger partial charge in [-0.1, -0.05) is 6.07 Å². The van der Waals surface area contributed by atoms with Crippen LogP contribution >= 0.6 is 0 Å². The van der Waals surface area contributed by atoms with Crippen molar-refractivity contribution >= 4 is 11.7 Å². The summed E-state index contributed by atoms with van der Waals surface area (Å²) in [5.41, 5.74) is 1.24. The van der Waals surface area contributed by atoms with Crippen LogP contribution in [0.2, 0.25) is 0 Å². The van der Waals surface area contributed by atoms with Crippen molar-refractivity contribution in [3.8, 4) is 0 Å². The van der Waals surface area contributed by atoms with Crippen molar-refractivity contribution in [2.24, 2.45) is 0 Å². The fourth-order valence-corrected chi connectivity index (χ4v) is 1.80. The van der Waals surface area contributed by atoms with E-state index in [1.807, 2.05) is 6.92 Å². The summed E-state index contributed by atoms with van der Waals surface area (Å²) < 4.78 is 23.4. The minimum atomic E-state index is -0.523. The molecule has 2 rings (SSSR count). The first-order chi connectivity index (χ1) is 9.51. The molecule has 1 atom stereocenters. The first-order valence-corrected chi connectivity index (χ1v) is 6.22. The Balaban J connectivity index is 2.11. The summed E-state index contributed by atoms with van der Waals surface area (Å²) in [6.07, 6.45) is 0. The van der Waals surface area contributed by atoms with Crippen molar-refractivity contribution < 1.29 is 18.3 Å². The fourth-order valence-electron chi connectivity index (χ4n) is 1.80. The van der Waals surface area contributed by atoms with Crippen LogP contribution in [0.3, 0.4) is 0 Å². The minimum absolute atomic E-state index is 0.145. The molecular weight excluding hydrogens is 261 g/mol. The van der Waals surface area contributed by atoms with E-state index in [2.05, 4.69) is 10.1 Å². The number of benzene rings is 1. The van der Waals surface area contributed by atoms with Crippen LogP contribution in [-0.4, -0.2) is 13.1 Å². The van der Waals surface area contributed by atoms with Crippen LogP contribution in [0.25, 0.3) is 0 Å². The number of esters is 1. The van der Waals surface area contributed by atoms with Gasteiger partial charge in [-0.25, -0.2) is 9.18 Å². The zero-order valence-corrected chi connectivity index (χ0v) is 11.6. The second-order valence-corrected chi connectivity index (χ2v) is 4.52. The number of hydrogen-bond acceptors (Lipinski definition) is 4. The maximum Gasteiger partial charge on any atom is 0.373 e. The largest absolute Gasteiger partial charge is 0.463 e. The molecule has 0 saturated carbocycles. The van der Waals surface area contributed by atoms with Crippen LogP contribution in [0.15, 0.2) is 34.7 Å². The molecular formula is C15H16FNO3. The molecule has 1 aromatic heterocycles. The lowest BCUT2D eigenvalue weighted by Crippen LogP contribution is -2.06. The monoisotopic (exact) mass is 277 g/mol. The van der Waals surface area contributed by atoms with Crippen LogP contribution in [0.4, 0.5) is 10.1 Å². The molecule has 0 bridgehead atoms. The predicted molar refractivity (Wildman–Crippen MR) is 73.2 cm³/mol. The zero-order chi connectivity index (χ0) is 14.7. The van der Waals surface area contributed by atoms with E-state index in [1.165, 1.54) is 13.2 Å². The summed E-state index contributed by atoms with van der Waals surface area (Å²) in [5.74, 6) is -0.0701. The molecule has 2 aromatic rings. The highest BCUT2D eigenvalue weighted by molar-refractivity contribution is 5.86. The van der Waals surface area contributed by atoms with Gasteiger partial charge in [-0.2, -0.15) is 0 Å². The second kappa shape index (κ2) is 5.77. The Hall–Kier alpha value is -2.30. The first kappa shape index (κ1) is 14.1. The lowest BCUT2D eigenvalue weighted by molar-refractivity contribution is 0.0562. The molecule has 4 nitrogen and oxygen atoms in total. The van der Waals surface area contributed by atoms with E-state index in [1.54, 1.807) is 31.2 Å². The maximum atomic E-state index is 13.5. The van der Waals surface area contributed by atoms with E-state index in [0.29, 0.717) is 17.0 Å². The molecule has 0 aliphatic rings. The molecule has 1 heterocycles. The van der Waals surface area contributed by atoms with Gasteiger partial charge in [0, 0.05) is 5.69 Å². The standard InChI is InChI=1S/C15H16FNO3/c1-9-4-5-11(8-12(9)16)17-10(2)13-6-7-14(20-13)15(18)19-3/h4-8,10,17H,1-3H3. The number of halogens is 1. The van der Waals surface area contributed by atoms with E-state index in [9.17, 15) is 9.18 Å². The third-order valence-corrected chi connectivity index (χ3v) is 3.00. The molecule has 0 aliphatic carbocycles. The van der Waals surface area contributed by atoms with Crippen molar-refractivity contribution in [3.05, 3.63) is 53.2 Å². The Bertz CT molecular complexity index is 621. The van der Waals surface area contributed by atoms with E-state index in [-0.39, 0.29) is 17.6 Å². The number of nitrogens with one attached hydrogen (secondary N) is 1. The van der Waals surface area contributed by atoms with Gasteiger partial charge >= 0.3 is 5.97 Å². The van der Waals surface area contributed by atoms with E-state index < -0.39 is 5.97 Å². The minimum Gasteiger partial charge on any atom is -0.463 e.